The number of fused-ring (bicyclic) bond motifs is 2. The van der Waals surface area contributed by atoms with E-state index in [1.165, 1.54) is 33.4 Å². The zero-order valence-electron chi connectivity index (χ0n) is 23.8. The van der Waals surface area contributed by atoms with Crippen LogP contribution in [0, 0.1) is 5.41 Å². The molecule has 0 radical (unpaired) electrons. The molecule has 202 valence electrons. The molecule has 38 heavy (non-hydrogen) atoms. The fraction of sp³-hybridized carbons (Fsp3) is 0.455. The zero-order valence-corrected chi connectivity index (χ0v) is 23.8. The van der Waals surface area contributed by atoms with E-state index in [0.717, 1.165) is 12.8 Å². The first-order chi connectivity index (χ1) is 17.9. The SMILES string of the molecule is CC(C)(C)CN(CCC(=O)N1CCC(=C2c3ccccc3C=Cc3ccccc32)CC1)C(=O)OC(C)(C)C. The number of hydrogen-bond acceptors (Lipinski definition) is 3. The normalized spacial score (nSPS) is 15.5. The average molecular weight is 515 g/mol. The van der Waals surface area contributed by atoms with Crippen LogP contribution in [-0.4, -0.2) is 53.6 Å². The van der Waals surface area contributed by atoms with Gasteiger partial charge in [0.05, 0.1) is 0 Å². The number of benzene rings is 2. The molecule has 4 rings (SSSR count). The minimum absolute atomic E-state index is 0.0910. The summed E-state index contributed by atoms with van der Waals surface area (Å²) in [6, 6.07) is 17.1. The summed E-state index contributed by atoms with van der Waals surface area (Å²) in [7, 11) is 0. The van der Waals surface area contributed by atoms with Crippen LogP contribution in [0.4, 0.5) is 4.79 Å². The van der Waals surface area contributed by atoms with Gasteiger partial charge >= 0.3 is 6.09 Å². The molecule has 1 aliphatic carbocycles. The van der Waals surface area contributed by atoms with Crippen molar-refractivity contribution in [2.45, 2.75) is 66.4 Å². The Morgan fingerprint density at radius 2 is 1.37 bits per heavy atom. The van der Waals surface area contributed by atoms with Gasteiger partial charge in [-0.1, -0.05) is 87.0 Å². The lowest BCUT2D eigenvalue weighted by atomic mass is 9.86. The van der Waals surface area contributed by atoms with Crippen LogP contribution in [0.3, 0.4) is 0 Å². The molecule has 2 aliphatic rings. The maximum absolute atomic E-state index is 13.2. The molecule has 0 saturated carbocycles. The van der Waals surface area contributed by atoms with Crippen molar-refractivity contribution in [1.82, 2.24) is 9.80 Å². The van der Waals surface area contributed by atoms with E-state index >= 15 is 0 Å². The molecule has 1 saturated heterocycles. The van der Waals surface area contributed by atoms with Crippen LogP contribution in [0.15, 0.2) is 54.1 Å². The summed E-state index contributed by atoms with van der Waals surface area (Å²) in [5.74, 6) is 0.0971. The van der Waals surface area contributed by atoms with E-state index in [1.54, 1.807) is 4.90 Å². The van der Waals surface area contributed by atoms with E-state index in [2.05, 4.69) is 81.5 Å². The number of nitrogens with zero attached hydrogens (tertiary/aromatic N) is 2. The molecule has 0 bridgehead atoms. The van der Waals surface area contributed by atoms with Gasteiger partial charge in [-0.05, 0) is 66.9 Å². The van der Waals surface area contributed by atoms with Gasteiger partial charge in [0.15, 0.2) is 0 Å². The van der Waals surface area contributed by atoms with E-state index in [4.69, 9.17) is 4.74 Å². The first kappa shape index (κ1) is 27.7. The van der Waals surface area contributed by atoms with Crippen LogP contribution in [0.2, 0.25) is 0 Å². The van der Waals surface area contributed by atoms with Crippen molar-refractivity contribution in [2.24, 2.45) is 5.41 Å². The van der Waals surface area contributed by atoms with Crippen molar-refractivity contribution in [3.8, 4) is 0 Å². The molecule has 1 heterocycles. The second kappa shape index (κ2) is 11.2. The van der Waals surface area contributed by atoms with Crippen LogP contribution in [-0.2, 0) is 9.53 Å². The second-order valence-electron chi connectivity index (χ2n) is 12.6. The molecule has 0 N–H and O–H groups in total. The lowest BCUT2D eigenvalue weighted by molar-refractivity contribution is -0.131. The van der Waals surface area contributed by atoms with Gasteiger partial charge in [-0.25, -0.2) is 4.79 Å². The third-order valence-electron chi connectivity index (χ3n) is 6.89. The fourth-order valence-electron chi connectivity index (χ4n) is 5.24. The topological polar surface area (TPSA) is 49.9 Å². The highest BCUT2D eigenvalue weighted by atomic mass is 16.6. The Hall–Kier alpha value is -3.34. The standard InChI is InChI=1S/C33H42N2O3/c1-32(2,3)23-35(31(37)38-33(4,5)6)22-19-29(36)34-20-17-26(18-21-34)30-27-13-9-7-11-24(27)15-16-25-12-8-10-14-28(25)30/h7-16H,17-23H2,1-6H3. The Morgan fingerprint density at radius 3 is 1.87 bits per heavy atom. The Morgan fingerprint density at radius 1 is 0.842 bits per heavy atom. The van der Waals surface area contributed by atoms with Crippen molar-refractivity contribution in [3.05, 3.63) is 76.4 Å². The van der Waals surface area contributed by atoms with Gasteiger partial charge in [-0.15, -0.1) is 0 Å². The monoisotopic (exact) mass is 514 g/mol. The van der Waals surface area contributed by atoms with Crippen molar-refractivity contribution >= 4 is 29.7 Å². The molecule has 0 spiro atoms. The highest BCUT2D eigenvalue weighted by Gasteiger charge is 2.28. The number of likely N-dealkylation sites (tertiary alicyclic amines) is 1. The Kier molecular flexibility index (Phi) is 8.15. The van der Waals surface area contributed by atoms with Crippen LogP contribution in [0.25, 0.3) is 17.7 Å². The minimum Gasteiger partial charge on any atom is -0.444 e. The molecule has 5 nitrogen and oxygen atoms in total. The van der Waals surface area contributed by atoms with Crippen LogP contribution >= 0.6 is 0 Å². The van der Waals surface area contributed by atoms with Gasteiger partial charge in [0.1, 0.15) is 5.60 Å². The van der Waals surface area contributed by atoms with Crippen molar-refractivity contribution in [3.63, 3.8) is 0 Å². The van der Waals surface area contributed by atoms with Crippen molar-refractivity contribution in [2.75, 3.05) is 26.2 Å². The number of ether oxygens (including phenoxy) is 1. The summed E-state index contributed by atoms with van der Waals surface area (Å²) < 4.78 is 5.62. The molecular formula is C33H42N2O3. The van der Waals surface area contributed by atoms with E-state index in [0.29, 0.717) is 32.6 Å². The Bertz CT molecular complexity index is 1180. The van der Waals surface area contributed by atoms with Gasteiger partial charge in [0.2, 0.25) is 5.91 Å². The first-order valence-corrected chi connectivity index (χ1v) is 13.8. The first-order valence-electron chi connectivity index (χ1n) is 13.8. The Balaban J connectivity index is 1.47. The van der Waals surface area contributed by atoms with E-state index < -0.39 is 5.60 Å². The van der Waals surface area contributed by atoms with E-state index in [-0.39, 0.29) is 17.4 Å². The van der Waals surface area contributed by atoms with E-state index in [9.17, 15) is 9.59 Å². The van der Waals surface area contributed by atoms with Gasteiger partial charge in [-0.2, -0.15) is 0 Å². The number of rotatable bonds is 4. The van der Waals surface area contributed by atoms with Gasteiger partial charge < -0.3 is 14.5 Å². The summed E-state index contributed by atoms with van der Waals surface area (Å²) >= 11 is 0. The minimum atomic E-state index is -0.571. The number of hydrogen-bond donors (Lipinski definition) is 0. The molecule has 2 amide bonds. The molecule has 5 heteroatoms. The molecular weight excluding hydrogens is 472 g/mol. The molecule has 2 aromatic carbocycles. The molecule has 0 atom stereocenters. The summed E-state index contributed by atoms with van der Waals surface area (Å²) in [6.45, 7) is 14.2. The largest absolute Gasteiger partial charge is 0.444 e. The van der Waals surface area contributed by atoms with Crippen LogP contribution in [0.5, 0.6) is 0 Å². The molecule has 1 fully saturated rings. The molecule has 2 aromatic rings. The summed E-state index contributed by atoms with van der Waals surface area (Å²) in [5.41, 5.74) is 7.04. The van der Waals surface area contributed by atoms with Gasteiger partial charge in [-0.3, -0.25) is 4.79 Å². The smallest absolute Gasteiger partial charge is 0.410 e. The molecule has 0 unspecified atom stereocenters. The van der Waals surface area contributed by atoms with Crippen LogP contribution < -0.4 is 0 Å². The third kappa shape index (κ3) is 6.94. The summed E-state index contributed by atoms with van der Waals surface area (Å²) in [5, 5.41) is 0. The lowest BCUT2D eigenvalue weighted by Crippen LogP contribution is -2.44. The number of carbonyl (C=O) groups is 2. The lowest BCUT2D eigenvalue weighted by Gasteiger charge is -2.34. The van der Waals surface area contributed by atoms with E-state index in [1.807, 2.05) is 25.7 Å². The summed E-state index contributed by atoms with van der Waals surface area (Å²) in [4.78, 5) is 29.7. The predicted octanol–water partition coefficient (Wildman–Crippen LogP) is 7.27. The van der Waals surface area contributed by atoms with Gasteiger partial charge in [0.25, 0.3) is 0 Å². The quantitative estimate of drug-likeness (QED) is 0.368. The molecule has 0 aromatic heterocycles. The molecule has 1 aliphatic heterocycles. The maximum Gasteiger partial charge on any atom is 0.410 e. The Labute approximate surface area is 228 Å². The van der Waals surface area contributed by atoms with Gasteiger partial charge in [0, 0.05) is 32.6 Å². The number of amides is 2. The average Bonchev–Trinajstić information content (AvgIpc) is 3.02. The maximum atomic E-state index is 13.2. The zero-order chi connectivity index (χ0) is 27.5. The number of carbonyl (C=O) groups excluding carboxylic acids is 2. The van der Waals surface area contributed by atoms with Crippen molar-refractivity contribution in [1.29, 1.82) is 0 Å². The predicted molar refractivity (Wildman–Crippen MR) is 156 cm³/mol. The summed E-state index contributed by atoms with van der Waals surface area (Å²) in [6.07, 6.45) is 6.05. The highest BCUT2D eigenvalue weighted by molar-refractivity contribution is 5.95. The number of piperidine rings is 1. The highest BCUT2D eigenvalue weighted by Crippen LogP contribution is 2.38. The third-order valence-corrected chi connectivity index (χ3v) is 6.89. The fourth-order valence-corrected chi connectivity index (χ4v) is 5.24. The second-order valence-corrected chi connectivity index (χ2v) is 12.6. The van der Waals surface area contributed by atoms with Crippen LogP contribution in [0.1, 0.15) is 83.1 Å². The van der Waals surface area contributed by atoms with Crippen molar-refractivity contribution < 1.29 is 14.3 Å².